The molecule has 4 nitrogen and oxygen atoms in total. The molecule has 3 unspecified atom stereocenters. The van der Waals surface area contributed by atoms with Gasteiger partial charge in [-0.15, -0.1) is 0 Å². The third-order valence-corrected chi connectivity index (χ3v) is 4.70. The SMILES string of the molecule is CCC(CCN)CCc1nc(C2CCCC(C)C2)no1. The number of aryl methyl sites for hydroxylation is 1. The Morgan fingerprint density at radius 3 is 2.90 bits per heavy atom. The second kappa shape index (κ2) is 7.77. The fraction of sp³-hybridized carbons (Fsp3) is 0.875. The minimum Gasteiger partial charge on any atom is -0.339 e. The Hall–Kier alpha value is -0.900. The molecule has 1 aliphatic rings. The number of nitrogens with zero attached hydrogens (tertiary/aromatic N) is 2. The van der Waals surface area contributed by atoms with E-state index >= 15 is 0 Å². The smallest absolute Gasteiger partial charge is 0.226 e. The van der Waals surface area contributed by atoms with Gasteiger partial charge < -0.3 is 10.3 Å². The van der Waals surface area contributed by atoms with E-state index in [0.717, 1.165) is 43.4 Å². The first-order valence-corrected chi connectivity index (χ1v) is 8.25. The van der Waals surface area contributed by atoms with Crippen molar-refractivity contribution in [2.75, 3.05) is 6.54 Å². The van der Waals surface area contributed by atoms with Gasteiger partial charge in [0.1, 0.15) is 0 Å². The lowest BCUT2D eigenvalue weighted by Gasteiger charge is -2.23. The molecule has 1 aliphatic carbocycles. The van der Waals surface area contributed by atoms with E-state index in [2.05, 4.69) is 24.0 Å². The molecule has 1 aromatic rings. The van der Waals surface area contributed by atoms with Gasteiger partial charge in [-0.25, -0.2) is 0 Å². The quantitative estimate of drug-likeness (QED) is 0.827. The van der Waals surface area contributed by atoms with Crippen LogP contribution in [0, 0.1) is 11.8 Å². The second-order valence-electron chi connectivity index (χ2n) is 6.41. The van der Waals surface area contributed by atoms with Crippen LogP contribution in [0.25, 0.3) is 0 Å². The van der Waals surface area contributed by atoms with Crippen LogP contribution in [0.5, 0.6) is 0 Å². The molecule has 20 heavy (non-hydrogen) atoms. The maximum atomic E-state index is 5.64. The van der Waals surface area contributed by atoms with Crippen LogP contribution in [0.2, 0.25) is 0 Å². The predicted molar refractivity (Wildman–Crippen MR) is 80.4 cm³/mol. The van der Waals surface area contributed by atoms with E-state index in [1.54, 1.807) is 0 Å². The molecule has 0 amide bonds. The first kappa shape index (κ1) is 15.5. The summed E-state index contributed by atoms with van der Waals surface area (Å²) in [6.07, 6.45) is 9.35. The summed E-state index contributed by atoms with van der Waals surface area (Å²) in [6.45, 7) is 5.32. The van der Waals surface area contributed by atoms with Crippen molar-refractivity contribution >= 4 is 0 Å². The third kappa shape index (κ3) is 4.30. The average molecular weight is 279 g/mol. The maximum Gasteiger partial charge on any atom is 0.226 e. The van der Waals surface area contributed by atoms with E-state index < -0.39 is 0 Å². The molecule has 0 bridgehead atoms. The molecule has 1 saturated carbocycles. The molecule has 0 aliphatic heterocycles. The zero-order valence-corrected chi connectivity index (χ0v) is 13.0. The van der Waals surface area contributed by atoms with Crippen molar-refractivity contribution < 1.29 is 4.52 Å². The summed E-state index contributed by atoms with van der Waals surface area (Å²) in [6, 6.07) is 0. The number of hydrogen-bond acceptors (Lipinski definition) is 4. The molecule has 0 aromatic carbocycles. The number of rotatable bonds is 7. The molecule has 1 aromatic heterocycles. The Morgan fingerprint density at radius 2 is 2.20 bits per heavy atom. The summed E-state index contributed by atoms with van der Waals surface area (Å²) in [5.41, 5.74) is 5.64. The van der Waals surface area contributed by atoms with Gasteiger partial charge in [-0.3, -0.25) is 0 Å². The fourth-order valence-electron chi connectivity index (χ4n) is 3.32. The summed E-state index contributed by atoms with van der Waals surface area (Å²) in [4.78, 5) is 4.63. The van der Waals surface area contributed by atoms with E-state index in [1.807, 2.05) is 0 Å². The highest BCUT2D eigenvalue weighted by Crippen LogP contribution is 2.34. The van der Waals surface area contributed by atoms with Gasteiger partial charge in [-0.05, 0) is 44.1 Å². The number of hydrogen-bond donors (Lipinski definition) is 1. The fourth-order valence-corrected chi connectivity index (χ4v) is 3.32. The van der Waals surface area contributed by atoms with Gasteiger partial charge in [0.25, 0.3) is 0 Å². The van der Waals surface area contributed by atoms with Crippen molar-refractivity contribution in [3.05, 3.63) is 11.7 Å². The van der Waals surface area contributed by atoms with Gasteiger partial charge in [0.15, 0.2) is 5.82 Å². The highest BCUT2D eigenvalue weighted by molar-refractivity contribution is 4.98. The van der Waals surface area contributed by atoms with Gasteiger partial charge in [0, 0.05) is 12.3 Å². The summed E-state index contributed by atoms with van der Waals surface area (Å²) in [5, 5.41) is 4.21. The summed E-state index contributed by atoms with van der Waals surface area (Å²) < 4.78 is 5.43. The molecule has 0 saturated heterocycles. The lowest BCUT2D eigenvalue weighted by atomic mass is 9.82. The van der Waals surface area contributed by atoms with Crippen molar-refractivity contribution in [3.8, 4) is 0 Å². The standard InChI is InChI=1S/C16H29N3O/c1-3-13(9-10-17)7-8-15-18-16(19-20-15)14-6-4-5-12(2)11-14/h12-14H,3-11,17H2,1-2H3. The Labute approximate surface area is 122 Å². The van der Waals surface area contributed by atoms with Gasteiger partial charge in [0.05, 0.1) is 0 Å². The summed E-state index contributed by atoms with van der Waals surface area (Å²) >= 11 is 0. The Kier molecular flexibility index (Phi) is 6.02. The van der Waals surface area contributed by atoms with Crippen LogP contribution >= 0.6 is 0 Å². The summed E-state index contributed by atoms with van der Waals surface area (Å²) in [7, 11) is 0. The topological polar surface area (TPSA) is 64.9 Å². The van der Waals surface area contributed by atoms with Crippen molar-refractivity contribution in [1.29, 1.82) is 0 Å². The first-order chi connectivity index (χ1) is 9.72. The van der Waals surface area contributed by atoms with Gasteiger partial charge in [-0.2, -0.15) is 4.98 Å². The summed E-state index contributed by atoms with van der Waals surface area (Å²) in [5.74, 6) is 3.75. The normalized spacial score (nSPS) is 24.8. The third-order valence-electron chi connectivity index (χ3n) is 4.70. The molecular weight excluding hydrogens is 250 g/mol. The van der Waals surface area contributed by atoms with E-state index in [0.29, 0.717) is 11.8 Å². The van der Waals surface area contributed by atoms with Gasteiger partial charge in [-0.1, -0.05) is 38.3 Å². The molecule has 2 N–H and O–H groups in total. The molecular formula is C16H29N3O. The van der Waals surface area contributed by atoms with Gasteiger partial charge in [0.2, 0.25) is 5.89 Å². The Bertz CT molecular complexity index is 391. The molecule has 114 valence electrons. The van der Waals surface area contributed by atoms with E-state index in [-0.39, 0.29) is 0 Å². The molecule has 1 fully saturated rings. The van der Waals surface area contributed by atoms with E-state index in [9.17, 15) is 0 Å². The number of aromatic nitrogens is 2. The Balaban J connectivity index is 1.85. The molecule has 2 rings (SSSR count). The molecule has 0 radical (unpaired) electrons. The number of nitrogens with two attached hydrogens (primary N) is 1. The first-order valence-electron chi connectivity index (χ1n) is 8.25. The maximum absolute atomic E-state index is 5.64. The minimum absolute atomic E-state index is 0.516. The van der Waals surface area contributed by atoms with E-state index in [1.165, 1.54) is 32.1 Å². The lowest BCUT2D eigenvalue weighted by molar-refractivity contribution is 0.317. The van der Waals surface area contributed by atoms with Crippen LogP contribution in [0.4, 0.5) is 0 Å². The zero-order valence-electron chi connectivity index (χ0n) is 13.0. The van der Waals surface area contributed by atoms with Crippen LogP contribution in [0.3, 0.4) is 0 Å². The van der Waals surface area contributed by atoms with Crippen molar-refractivity contribution in [2.45, 2.75) is 71.1 Å². The van der Waals surface area contributed by atoms with Crippen molar-refractivity contribution in [1.82, 2.24) is 10.1 Å². The van der Waals surface area contributed by atoms with Crippen LogP contribution < -0.4 is 5.73 Å². The average Bonchev–Trinajstić information content (AvgIpc) is 2.92. The predicted octanol–water partition coefficient (Wildman–Crippen LogP) is 3.67. The highest BCUT2D eigenvalue weighted by Gasteiger charge is 2.24. The van der Waals surface area contributed by atoms with E-state index in [4.69, 9.17) is 10.3 Å². The molecule has 4 heteroatoms. The molecule has 1 heterocycles. The highest BCUT2D eigenvalue weighted by atomic mass is 16.5. The van der Waals surface area contributed by atoms with Crippen LogP contribution in [0.15, 0.2) is 4.52 Å². The second-order valence-corrected chi connectivity index (χ2v) is 6.41. The van der Waals surface area contributed by atoms with Crippen molar-refractivity contribution in [2.24, 2.45) is 17.6 Å². The van der Waals surface area contributed by atoms with Crippen LogP contribution in [-0.2, 0) is 6.42 Å². The van der Waals surface area contributed by atoms with Gasteiger partial charge >= 0.3 is 0 Å². The zero-order chi connectivity index (χ0) is 14.4. The minimum atomic E-state index is 0.516. The van der Waals surface area contributed by atoms with Crippen LogP contribution in [-0.4, -0.2) is 16.7 Å². The Morgan fingerprint density at radius 1 is 1.35 bits per heavy atom. The largest absolute Gasteiger partial charge is 0.339 e. The lowest BCUT2D eigenvalue weighted by Crippen LogP contribution is -2.13. The molecule has 3 atom stereocenters. The monoisotopic (exact) mass is 279 g/mol. The molecule has 0 spiro atoms. The van der Waals surface area contributed by atoms with Crippen molar-refractivity contribution in [3.63, 3.8) is 0 Å². The van der Waals surface area contributed by atoms with Crippen LogP contribution in [0.1, 0.15) is 76.4 Å².